The molecule has 2 unspecified atom stereocenters. The molecule has 0 amide bonds. The Morgan fingerprint density at radius 2 is 1.85 bits per heavy atom. The van der Waals surface area contributed by atoms with Gasteiger partial charge in [0, 0.05) is 5.92 Å². The summed E-state index contributed by atoms with van der Waals surface area (Å²) in [5, 5.41) is 7.78. The van der Waals surface area contributed by atoms with Crippen molar-refractivity contribution in [3.63, 3.8) is 0 Å². The lowest BCUT2D eigenvalue weighted by atomic mass is 10.0. The molecular formula is C8H13N5. The van der Waals surface area contributed by atoms with Gasteiger partial charge in [0.15, 0.2) is 5.82 Å². The Labute approximate surface area is 76.1 Å². The fourth-order valence-corrected chi connectivity index (χ4v) is 2.52. The van der Waals surface area contributed by atoms with Crippen molar-refractivity contribution in [2.45, 2.75) is 25.2 Å². The molecule has 0 aliphatic heterocycles. The zero-order valence-electron chi connectivity index (χ0n) is 7.35. The summed E-state index contributed by atoms with van der Waals surface area (Å²) in [6, 6.07) is 0. The molecule has 2 saturated carbocycles. The molecule has 5 heteroatoms. The van der Waals surface area contributed by atoms with Crippen LogP contribution in [0.5, 0.6) is 0 Å². The van der Waals surface area contributed by atoms with Crippen LogP contribution in [0.15, 0.2) is 0 Å². The minimum absolute atomic E-state index is 0.315. The first-order valence-electron chi connectivity index (χ1n) is 4.71. The summed E-state index contributed by atoms with van der Waals surface area (Å²) < 4.78 is 1.43. The minimum atomic E-state index is 0.315. The molecule has 5 nitrogen and oxygen atoms in total. The third-order valence-electron chi connectivity index (χ3n) is 3.36. The first-order valence-corrected chi connectivity index (χ1v) is 4.71. The van der Waals surface area contributed by atoms with Crippen molar-refractivity contribution in [3.8, 4) is 0 Å². The fraction of sp³-hybridized carbons (Fsp3) is 0.750. The molecule has 2 aliphatic carbocycles. The third-order valence-corrected chi connectivity index (χ3v) is 3.36. The van der Waals surface area contributed by atoms with Crippen LogP contribution in [0.3, 0.4) is 0 Å². The average molecular weight is 179 g/mol. The molecule has 0 radical (unpaired) electrons. The molecule has 0 aromatic carbocycles. The highest BCUT2D eigenvalue weighted by atomic mass is 15.4. The van der Waals surface area contributed by atoms with Crippen LogP contribution in [0.4, 0.5) is 5.95 Å². The number of fused-ring (bicyclic) bond motifs is 1. The number of nitrogen functional groups attached to an aromatic ring is 2. The number of nitrogens with zero attached hydrogens (tertiary/aromatic N) is 3. The fourth-order valence-electron chi connectivity index (χ4n) is 2.52. The molecule has 2 atom stereocenters. The van der Waals surface area contributed by atoms with Gasteiger partial charge in [-0.1, -0.05) is 0 Å². The Hall–Kier alpha value is -1.26. The molecule has 4 N–H and O–H groups in total. The van der Waals surface area contributed by atoms with Gasteiger partial charge in [-0.2, -0.15) is 0 Å². The van der Waals surface area contributed by atoms with Gasteiger partial charge >= 0.3 is 0 Å². The number of anilines is 1. The van der Waals surface area contributed by atoms with Gasteiger partial charge < -0.3 is 11.6 Å². The number of hydrogen-bond donors (Lipinski definition) is 2. The lowest BCUT2D eigenvalue weighted by Crippen LogP contribution is -2.17. The molecule has 70 valence electrons. The maximum Gasteiger partial charge on any atom is 0.240 e. The molecule has 3 rings (SSSR count). The van der Waals surface area contributed by atoms with Gasteiger partial charge in [0.25, 0.3) is 0 Å². The van der Waals surface area contributed by atoms with Crippen molar-refractivity contribution in [1.29, 1.82) is 0 Å². The molecule has 1 heterocycles. The maximum absolute atomic E-state index is 5.71. The lowest BCUT2D eigenvalue weighted by Gasteiger charge is -2.09. The number of rotatable bonds is 1. The van der Waals surface area contributed by atoms with Crippen LogP contribution >= 0.6 is 0 Å². The van der Waals surface area contributed by atoms with E-state index in [-0.39, 0.29) is 0 Å². The van der Waals surface area contributed by atoms with Gasteiger partial charge in [-0.25, -0.2) is 4.68 Å². The monoisotopic (exact) mass is 179 g/mol. The van der Waals surface area contributed by atoms with E-state index in [0.29, 0.717) is 11.9 Å². The molecule has 0 saturated heterocycles. The first-order chi connectivity index (χ1) is 6.25. The van der Waals surface area contributed by atoms with Crippen LogP contribution in [0.1, 0.15) is 31.0 Å². The number of nitrogens with two attached hydrogens (primary N) is 2. The second-order valence-corrected chi connectivity index (χ2v) is 4.21. The minimum Gasteiger partial charge on any atom is -0.366 e. The average Bonchev–Trinajstić information content (AvgIpc) is 2.58. The summed E-state index contributed by atoms with van der Waals surface area (Å²) in [6.45, 7) is 0. The van der Waals surface area contributed by atoms with Crippen LogP contribution in [0.25, 0.3) is 0 Å². The Bertz CT molecular complexity index is 334. The number of aromatic nitrogens is 3. The second kappa shape index (κ2) is 2.16. The van der Waals surface area contributed by atoms with Crippen LogP contribution in [-0.4, -0.2) is 14.9 Å². The molecule has 0 spiro atoms. The highest BCUT2D eigenvalue weighted by Gasteiger charge is 2.47. The largest absolute Gasteiger partial charge is 0.366 e. The quantitative estimate of drug-likeness (QED) is 0.598. The van der Waals surface area contributed by atoms with Gasteiger partial charge in [0.1, 0.15) is 0 Å². The van der Waals surface area contributed by atoms with Crippen LogP contribution in [-0.2, 0) is 0 Å². The van der Waals surface area contributed by atoms with Gasteiger partial charge in [-0.3, -0.25) is 0 Å². The van der Waals surface area contributed by atoms with E-state index in [2.05, 4.69) is 10.2 Å². The Kier molecular flexibility index (Phi) is 1.19. The number of hydrogen-bond acceptors (Lipinski definition) is 4. The zero-order valence-corrected chi connectivity index (χ0v) is 7.35. The van der Waals surface area contributed by atoms with E-state index < -0.39 is 0 Å². The van der Waals surface area contributed by atoms with Crippen LogP contribution in [0.2, 0.25) is 0 Å². The summed E-state index contributed by atoms with van der Waals surface area (Å²) in [5.74, 6) is 9.26. The Morgan fingerprint density at radius 1 is 1.15 bits per heavy atom. The first kappa shape index (κ1) is 7.17. The summed E-state index contributed by atoms with van der Waals surface area (Å²) in [6.07, 6.45) is 3.85. The van der Waals surface area contributed by atoms with Crippen molar-refractivity contribution >= 4 is 5.95 Å². The van der Waals surface area contributed by atoms with Crippen molar-refractivity contribution in [2.24, 2.45) is 11.8 Å². The van der Waals surface area contributed by atoms with Crippen molar-refractivity contribution < 1.29 is 0 Å². The highest BCUT2D eigenvalue weighted by molar-refractivity contribution is 5.20. The van der Waals surface area contributed by atoms with E-state index in [0.717, 1.165) is 17.7 Å². The smallest absolute Gasteiger partial charge is 0.240 e. The van der Waals surface area contributed by atoms with E-state index >= 15 is 0 Å². The van der Waals surface area contributed by atoms with E-state index in [1.165, 1.54) is 23.9 Å². The Balaban J connectivity index is 1.88. The topological polar surface area (TPSA) is 82.8 Å². The van der Waals surface area contributed by atoms with Crippen molar-refractivity contribution in [2.75, 3.05) is 11.6 Å². The highest BCUT2D eigenvalue weighted by Crippen LogP contribution is 2.57. The van der Waals surface area contributed by atoms with Gasteiger partial charge in [-0.15, -0.1) is 10.2 Å². The molecule has 1 aromatic heterocycles. The summed E-state index contributed by atoms with van der Waals surface area (Å²) in [4.78, 5) is 0. The van der Waals surface area contributed by atoms with Gasteiger partial charge in [-0.05, 0) is 31.1 Å². The summed E-state index contributed by atoms with van der Waals surface area (Å²) >= 11 is 0. The standard InChI is InChI=1S/C8H13N5/c9-8-12-11-7(13(8)10)6-2-4-1-5(4)3-6/h4-6H,1-3,10H2,(H2,9,12). The van der Waals surface area contributed by atoms with Crippen LogP contribution in [0, 0.1) is 11.8 Å². The SMILES string of the molecule is Nc1nnc(C2CC3CC3C2)n1N. The third kappa shape index (κ3) is 0.928. The van der Waals surface area contributed by atoms with Gasteiger partial charge in [0.05, 0.1) is 0 Å². The Morgan fingerprint density at radius 3 is 2.38 bits per heavy atom. The van der Waals surface area contributed by atoms with E-state index in [1.54, 1.807) is 0 Å². The summed E-state index contributed by atoms with van der Waals surface area (Å²) in [7, 11) is 0. The predicted octanol–water partition coefficient (Wildman–Crippen LogP) is 0.0876. The molecular weight excluding hydrogens is 166 g/mol. The van der Waals surface area contributed by atoms with E-state index in [1.807, 2.05) is 0 Å². The predicted molar refractivity (Wildman–Crippen MR) is 48.2 cm³/mol. The maximum atomic E-state index is 5.71. The van der Waals surface area contributed by atoms with Crippen molar-refractivity contribution in [3.05, 3.63) is 5.82 Å². The second-order valence-electron chi connectivity index (χ2n) is 4.21. The lowest BCUT2D eigenvalue weighted by molar-refractivity contribution is 0.574. The zero-order chi connectivity index (χ0) is 9.00. The van der Waals surface area contributed by atoms with Gasteiger partial charge in [0.2, 0.25) is 5.95 Å². The van der Waals surface area contributed by atoms with E-state index in [4.69, 9.17) is 11.6 Å². The molecule has 2 aliphatic rings. The normalized spacial score (nSPS) is 36.2. The molecule has 2 fully saturated rings. The summed E-state index contributed by atoms with van der Waals surface area (Å²) in [5.41, 5.74) is 5.52. The molecule has 0 bridgehead atoms. The van der Waals surface area contributed by atoms with E-state index in [9.17, 15) is 0 Å². The molecule has 13 heavy (non-hydrogen) atoms. The van der Waals surface area contributed by atoms with Crippen LogP contribution < -0.4 is 11.6 Å². The van der Waals surface area contributed by atoms with Crippen molar-refractivity contribution in [1.82, 2.24) is 14.9 Å². The molecule has 1 aromatic rings.